The van der Waals surface area contributed by atoms with Crippen molar-refractivity contribution in [2.24, 2.45) is 5.92 Å². The molecule has 3 aliphatic rings. The highest BCUT2D eigenvalue weighted by Crippen LogP contribution is 2.49. The molecule has 2 unspecified atom stereocenters. The lowest BCUT2D eigenvalue weighted by Crippen LogP contribution is -2.40. The van der Waals surface area contributed by atoms with Gasteiger partial charge in [-0.15, -0.1) is 0 Å². The molecule has 1 aromatic rings. The largest absolute Gasteiger partial charge is 0.318 e. The SMILES string of the molecule is Cc1cccc(C2NC3(CC3)C(=O)N2C(C)C2CC2)c1. The summed E-state index contributed by atoms with van der Waals surface area (Å²) in [5, 5.41) is 3.62. The molecular weight excluding hydrogens is 248 g/mol. The van der Waals surface area contributed by atoms with Crippen LogP contribution in [0.2, 0.25) is 0 Å². The molecular formula is C17H22N2O. The van der Waals surface area contributed by atoms with Crippen molar-refractivity contribution in [1.82, 2.24) is 10.2 Å². The highest BCUT2D eigenvalue weighted by Gasteiger charge is 2.61. The Bertz CT molecular complexity index is 560. The van der Waals surface area contributed by atoms with E-state index in [1.54, 1.807) is 0 Å². The number of carbonyl (C=O) groups excluding carboxylic acids is 1. The van der Waals surface area contributed by atoms with Crippen LogP contribution in [0.4, 0.5) is 0 Å². The number of hydrogen-bond acceptors (Lipinski definition) is 2. The van der Waals surface area contributed by atoms with E-state index >= 15 is 0 Å². The lowest BCUT2D eigenvalue weighted by molar-refractivity contribution is -0.133. The van der Waals surface area contributed by atoms with E-state index in [-0.39, 0.29) is 11.7 Å². The quantitative estimate of drug-likeness (QED) is 0.916. The number of nitrogens with one attached hydrogen (secondary N) is 1. The molecule has 2 atom stereocenters. The number of aryl methyl sites for hydroxylation is 1. The average Bonchev–Trinajstić information content (AvgIpc) is 3.31. The first-order valence-electron chi connectivity index (χ1n) is 7.78. The first-order valence-corrected chi connectivity index (χ1v) is 7.78. The van der Waals surface area contributed by atoms with Crippen LogP contribution in [0.15, 0.2) is 24.3 Å². The van der Waals surface area contributed by atoms with E-state index in [1.807, 2.05) is 0 Å². The molecule has 1 N–H and O–H groups in total. The van der Waals surface area contributed by atoms with Crippen LogP contribution >= 0.6 is 0 Å². The minimum atomic E-state index is -0.225. The van der Waals surface area contributed by atoms with E-state index < -0.39 is 0 Å². The minimum absolute atomic E-state index is 0.0699. The van der Waals surface area contributed by atoms with Crippen LogP contribution < -0.4 is 5.32 Å². The number of carbonyl (C=O) groups is 1. The lowest BCUT2D eigenvalue weighted by atomic mass is 10.1. The molecule has 0 aromatic heterocycles. The predicted octanol–water partition coefficient (Wildman–Crippen LogP) is 2.76. The Morgan fingerprint density at radius 3 is 2.70 bits per heavy atom. The van der Waals surface area contributed by atoms with E-state index in [9.17, 15) is 4.79 Å². The van der Waals surface area contributed by atoms with Gasteiger partial charge in [0, 0.05) is 6.04 Å². The Balaban J connectivity index is 1.70. The predicted molar refractivity (Wildman–Crippen MR) is 78.1 cm³/mol. The standard InChI is InChI=1S/C17H22N2O/c1-11-4-3-5-14(10-11)15-18-17(8-9-17)16(20)19(15)12(2)13-6-7-13/h3-5,10,12-13,15,18H,6-9H2,1-2H3. The fourth-order valence-corrected chi connectivity index (χ4v) is 3.55. The van der Waals surface area contributed by atoms with Crippen molar-refractivity contribution >= 4 is 5.91 Å². The summed E-state index contributed by atoms with van der Waals surface area (Å²) in [6.45, 7) is 4.34. The first-order chi connectivity index (χ1) is 9.61. The highest BCUT2D eigenvalue weighted by atomic mass is 16.2. The molecule has 20 heavy (non-hydrogen) atoms. The molecule has 0 radical (unpaired) electrons. The third-order valence-electron chi connectivity index (χ3n) is 5.19. The molecule has 1 amide bonds. The molecule has 3 nitrogen and oxygen atoms in total. The van der Waals surface area contributed by atoms with E-state index in [0.29, 0.717) is 17.9 Å². The van der Waals surface area contributed by atoms with Gasteiger partial charge in [0.1, 0.15) is 11.7 Å². The Morgan fingerprint density at radius 2 is 2.10 bits per heavy atom. The first kappa shape index (κ1) is 12.4. The van der Waals surface area contributed by atoms with Crippen LogP contribution in [0.1, 0.15) is 49.9 Å². The number of amides is 1. The Morgan fingerprint density at radius 1 is 1.35 bits per heavy atom. The zero-order chi connectivity index (χ0) is 13.9. The fraction of sp³-hybridized carbons (Fsp3) is 0.588. The van der Waals surface area contributed by atoms with Crippen LogP contribution in [-0.4, -0.2) is 22.4 Å². The summed E-state index contributed by atoms with van der Waals surface area (Å²) in [6, 6.07) is 8.92. The topological polar surface area (TPSA) is 32.3 Å². The van der Waals surface area contributed by atoms with Crippen molar-refractivity contribution < 1.29 is 4.79 Å². The maximum absolute atomic E-state index is 12.8. The number of nitrogens with zero attached hydrogens (tertiary/aromatic N) is 1. The van der Waals surface area contributed by atoms with Gasteiger partial charge in [0.25, 0.3) is 0 Å². The van der Waals surface area contributed by atoms with Gasteiger partial charge in [-0.2, -0.15) is 0 Å². The van der Waals surface area contributed by atoms with Gasteiger partial charge in [0.2, 0.25) is 5.91 Å². The van der Waals surface area contributed by atoms with E-state index in [1.165, 1.54) is 24.0 Å². The van der Waals surface area contributed by atoms with Gasteiger partial charge in [-0.1, -0.05) is 29.8 Å². The molecule has 3 fully saturated rings. The molecule has 1 saturated heterocycles. The van der Waals surface area contributed by atoms with Gasteiger partial charge in [0.15, 0.2) is 0 Å². The Labute approximate surface area is 120 Å². The van der Waals surface area contributed by atoms with Crippen molar-refractivity contribution in [3.63, 3.8) is 0 Å². The second-order valence-corrected chi connectivity index (χ2v) is 6.83. The van der Waals surface area contributed by atoms with Crippen molar-refractivity contribution in [2.75, 3.05) is 0 Å². The molecule has 3 heteroatoms. The molecule has 4 rings (SSSR count). The van der Waals surface area contributed by atoms with E-state index in [2.05, 4.69) is 48.3 Å². The zero-order valence-electron chi connectivity index (χ0n) is 12.2. The summed E-state index contributed by atoms with van der Waals surface area (Å²) in [5.74, 6) is 1.05. The molecule has 2 saturated carbocycles. The minimum Gasteiger partial charge on any atom is -0.318 e. The zero-order valence-corrected chi connectivity index (χ0v) is 12.2. The normalized spacial score (nSPS) is 29.0. The van der Waals surface area contributed by atoms with E-state index in [4.69, 9.17) is 0 Å². The molecule has 0 bridgehead atoms. The Kier molecular flexibility index (Phi) is 2.53. The summed E-state index contributed by atoms with van der Waals surface area (Å²) < 4.78 is 0. The summed E-state index contributed by atoms with van der Waals surface area (Å²) in [4.78, 5) is 14.9. The molecule has 1 aromatic carbocycles. The molecule has 2 aliphatic carbocycles. The molecule has 1 heterocycles. The van der Waals surface area contributed by atoms with Crippen LogP contribution in [0, 0.1) is 12.8 Å². The molecule has 1 spiro atoms. The van der Waals surface area contributed by atoms with Crippen molar-refractivity contribution in [1.29, 1.82) is 0 Å². The fourth-order valence-electron chi connectivity index (χ4n) is 3.55. The Hall–Kier alpha value is -1.35. The van der Waals surface area contributed by atoms with Gasteiger partial charge < -0.3 is 4.90 Å². The third-order valence-corrected chi connectivity index (χ3v) is 5.19. The maximum Gasteiger partial charge on any atom is 0.244 e. The highest BCUT2D eigenvalue weighted by molar-refractivity contribution is 5.92. The van der Waals surface area contributed by atoms with Crippen LogP contribution in [0.3, 0.4) is 0 Å². The number of benzene rings is 1. The monoisotopic (exact) mass is 270 g/mol. The van der Waals surface area contributed by atoms with Crippen LogP contribution in [-0.2, 0) is 4.79 Å². The van der Waals surface area contributed by atoms with Gasteiger partial charge in [-0.25, -0.2) is 0 Å². The lowest BCUT2D eigenvalue weighted by Gasteiger charge is -2.31. The summed E-state index contributed by atoms with van der Waals surface area (Å²) in [7, 11) is 0. The maximum atomic E-state index is 12.8. The average molecular weight is 270 g/mol. The van der Waals surface area contributed by atoms with Gasteiger partial charge in [-0.05, 0) is 51.0 Å². The third kappa shape index (κ3) is 1.80. The van der Waals surface area contributed by atoms with Gasteiger partial charge in [0.05, 0.1) is 0 Å². The van der Waals surface area contributed by atoms with Crippen molar-refractivity contribution in [3.8, 4) is 0 Å². The molecule has 1 aliphatic heterocycles. The van der Waals surface area contributed by atoms with E-state index in [0.717, 1.165) is 12.8 Å². The second-order valence-electron chi connectivity index (χ2n) is 6.83. The second kappa shape index (κ2) is 4.08. The number of hydrogen-bond donors (Lipinski definition) is 1. The smallest absolute Gasteiger partial charge is 0.244 e. The van der Waals surface area contributed by atoms with Crippen molar-refractivity contribution in [2.45, 2.75) is 57.3 Å². The summed E-state index contributed by atoms with van der Waals surface area (Å²) in [6.07, 6.45) is 4.63. The summed E-state index contributed by atoms with van der Waals surface area (Å²) in [5.41, 5.74) is 2.26. The van der Waals surface area contributed by atoms with Crippen LogP contribution in [0.5, 0.6) is 0 Å². The van der Waals surface area contributed by atoms with Crippen LogP contribution in [0.25, 0.3) is 0 Å². The number of rotatable bonds is 3. The summed E-state index contributed by atoms with van der Waals surface area (Å²) >= 11 is 0. The van der Waals surface area contributed by atoms with Crippen molar-refractivity contribution in [3.05, 3.63) is 35.4 Å². The van der Waals surface area contributed by atoms with Gasteiger partial charge >= 0.3 is 0 Å². The molecule has 106 valence electrons. The van der Waals surface area contributed by atoms with Gasteiger partial charge in [-0.3, -0.25) is 10.1 Å².